The van der Waals surface area contributed by atoms with E-state index in [1.54, 1.807) is 31.2 Å². The van der Waals surface area contributed by atoms with Crippen LogP contribution in [0.15, 0.2) is 28.8 Å². The number of hydrogen-bond donors (Lipinski definition) is 0. The molecule has 1 amide bonds. The first-order valence-electron chi connectivity index (χ1n) is 10.5. The van der Waals surface area contributed by atoms with Crippen molar-refractivity contribution in [2.75, 3.05) is 18.1 Å². The predicted molar refractivity (Wildman–Crippen MR) is 116 cm³/mol. The van der Waals surface area contributed by atoms with Crippen LogP contribution in [-0.4, -0.2) is 60.5 Å². The van der Waals surface area contributed by atoms with Crippen LogP contribution >= 0.6 is 0 Å². The molecule has 9 nitrogen and oxygen atoms in total. The molecule has 32 heavy (non-hydrogen) atoms. The number of benzene rings is 1. The maximum Gasteiger partial charge on any atom is 0.338 e. The van der Waals surface area contributed by atoms with E-state index in [-0.39, 0.29) is 23.1 Å². The number of sulfone groups is 1. The van der Waals surface area contributed by atoms with Crippen LogP contribution in [0.4, 0.5) is 0 Å². The van der Waals surface area contributed by atoms with Crippen molar-refractivity contribution in [3.63, 3.8) is 0 Å². The third-order valence-corrected chi connectivity index (χ3v) is 7.31. The first kappa shape index (κ1) is 23.8. The van der Waals surface area contributed by atoms with Crippen molar-refractivity contribution in [1.82, 2.24) is 10.1 Å². The number of esters is 1. The number of aromatic nitrogens is 1. The maximum atomic E-state index is 12.8. The molecule has 3 rings (SSSR count). The molecule has 1 aromatic heterocycles. The molecule has 10 heteroatoms. The van der Waals surface area contributed by atoms with Crippen molar-refractivity contribution < 1.29 is 32.0 Å². The average Bonchev–Trinajstić information content (AvgIpc) is 3.27. The van der Waals surface area contributed by atoms with E-state index < -0.39 is 27.8 Å². The Morgan fingerprint density at radius 1 is 1.25 bits per heavy atom. The second kappa shape index (κ2) is 9.72. The highest BCUT2D eigenvalue weighted by atomic mass is 32.2. The molecular weight excluding hydrogens is 436 g/mol. The van der Waals surface area contributed by atoms with Crippen LogP contribution in [0, 0.1) is 13.8 Å². The lowest BCUT2D eigenvalue weighted by Crippen LogP contribution is -2.46. The zero-order valence-electron chi connectivity index (χ0n) is 18.7. The van der Waals surface area contributed by atoms with Crippen LogP contribution in [0.25, 0.3) is 0 Å². The minimum atomic E-state index is -3.13. The largest absolute Gasteiger partial charge is 0.489 e. The Kier molecular flexibility index (Phi) is 7.22. The van der Waals surface area contributed by atoms with Crippen molar-refractivity contribution >= 4 is 21.7 Å². The normalized spacial score (nSPS) is 18.2. The van der Waals surface area contributed by atoms with Gasteiger partial charge in [0.05, 0.1) is 28.3 Å². The number of ether oxygens (including phenoxy) is 2. The Morgan fingerprint density at radius 3 is 2.47 bits per heavy atom. The predicted octanol–water partition coefficient (Wildman–Crippen LogP) is 2.45. The molecule has 0 N–H and O–H groups in total. The van der Waals surface area contributed by atoms with Gasteiger partial charge in [-0.05, 0) is 58.4 Å². The minimum absolute atomic E-state index is 0.0529. The molecule has 0 bridgehead atoms. The van der Waals surface area contributed by atoms with Crippen molar-refractivity contribution in [2.45, 2.75) is 52.9 Å². The number of amides is 1. The minimum Gasteiger partial charge on any atom is -0.489 e. The zero-order valence-corrected chi connectivity index (χ0v) is 19.5. The lowest BCUT2D eigenvalue weighted by Gasteiger charge is -2.29. The van der Waals surface area contributed by atoms with Gasteiger partial charge in [0.2, 0.25) is 0 Å². The number of nitrogens with zero attached hydrogens (tertiary/aromatic N) is 2. The molecule has 1 aliphatic heterocycles. The number of rotatable bonds is 8. The molecule has 174 valence electrons. The Bertz CT molecular complexity index is 1060. The van der Waals surface area contributed by atoms with E-state index in [0.717, 1.165) is 11.3 Å². The topological polar surface area (TPSA) is 116 Å². The summed E-state index contributed by atoms with van der Waals surface area (Å²) in [5.41, 5.74) is 1.91. The number of carbonyl (C=O) groups excluding carboxylic acids is 2. The molecule has 0 saturated carbocycles. The molecule has 0 spiro atoms. The van der Waals surface area contributed by atoms with Crippen LogP contribution in [0.5, 0.6) is 5.75 Å². The Balaban J connectivity index is 1.57. The summed E-state index contributed by atoms with van der Waals surface area (Å²) in [6.45, 7) is 7.55. The van der Waals surface area contributed by atoms with E-state index in [0.29, 0.717) is 31.1 Å². The van der Waals surface area contributed by atoms with E-state index in [9.17, 15) is 18.0 Å². The van der Waals surface area contributed by atoms with Crippen LogP contribution in [0.1, 0.15) is 47.6 Å². The first-order valence-corrected chi connectivity index (χ1v) is 12.3. The summed E-state index contributed by atoms with van der Waals surface area (Å²) < 4.78 is 39.7. The van der Waals surface area contributed by atoms with Crippen LogP contribution in [0.3, 0.4) is 0 Å². The summed E-state index contributed by atoms with van der Waals surface area (Å²) in [6.07, 6.45) is -0.626. The summed E-state index contributed by atoms with van der Waals surface area (Å²) >= 11 is 0. The molecule has 1 aliphatic rings. The van der Waals surface area contributed by atoms with Gasteiger partial charge in [-0.3, -0.25) is 4.79 Å². The van der Waals surface area contributed by atoms with Gasteiger partial charge >= 0.3 is 5.97 Å². The summed E-state index contributed by atoms with van der Waals surface area (Å²) in [5.74, 6) is 0.228. The Morgan fingerprint density at radius 2 is 1.94 bits per heavy atom. The summed E-state index contributed by atoms with van der Waals surface area (Å²) in [4.78, 5) is 26.7. The smallest absolute Gasteiger partial charge is 0.338 e. The molecule has 0 radical (unpaired) electrons. The molecule has 1 aromatic carbocycles. The summed E-state index contributed by atoms with van der Waals surface area (Å²) in [5, 5.41) is 3.88. The molecule has 1 saturated heterocycles. The van der Waals surface area contributed by atoms with Crippen molar-refractivity contribution in [3.8, 4) is 5.75 Å². The van der Waals surface area contributed by atoms with Gasteiger partial charge in [-0.15, -0.1) is 0 Å². The fourth-order valence-electron chi connectivity index (χ4n) is 3.68. The van der Waals surface area contributed by atoms with Gasteiger partial charge in [-0.1, -0.05) is 5.16 Å². The SMILES string of the molecule is CCN(C(=O)C(C)OC(=O)c1ccc(OCc2c(C)noc2C)cc1)C1CCS(=O)(=O)C1. The molecular formula is C22H28N2O7S. The third kappa shape index (κ3) is 5.48. The standard InChI is InChI=1S/C22H28N2O7S/c1-5-24(18-10-11-32(27,28)13-18)21(25)16(4)30-22(26)17-6-8-19(9-7-17)29-12-20-14(2)23-31-15(20)3/h6-9,16,18H,5,10-13H2,1-4H3. The van der Waals surface area contributed by atoms with Gasteiger partial charge in [-0.2, -0.15) is 0 Å². The number of hydrogen-bond acceptors (Lipinski definition) is 8. The highest BCUT2D eigenvalue weighted by Gasteiger charge is 2.36. The first-order chi connectivity index (χ1) is 15.1. The van der Waals surface area contributed by atoms with Crippen molar-refractivity contribution in [1.29, 1.82) is 0 Å². The average molecular weight is 465 g/mol. The number of carbonyl (C=O) groups is 2. The molecule has 1 fully saturated rings. The molecule has 2 heterocycles. The van der Waals surface area contributed by atoms with Gasteiger partial charge in [0.15, 0.2) is 15.9 Å². The molecule has 2 unspecified atom stereocenters. The van der Waals surface area contributed by atoms with Crippen molar-refractivity contribution in [3.05, 3.63) is 46.8 Å². The van der Waals surface area contributed by atoms with Gasteiger partial charge in [0.1, 0.15) is 18.1 Å². The lowest BCUT2D eigenvalue weighted by molar-refractivity contribution is -0.141. The fourth-order valence-corrected chi connectivity index (χ4v) is 5.41. The monoisotopic (exact) mass is 464 g/mol. The van der Waals surface area contributed by atoms with Gasteiger partial charge in [0, 0.05) is 12.6 Å². The molecule has 0 aliphatic carbocycles. The second-order valence-corrected chi connectivity index (χ2v) is 10.1. The Labute approximate surface area is 187 Å². The fraction of sp³-hybridized carbons (Fsp3) is 0.500. The lowest BCUT2D eigenvalue weighted by atomic mass is 10.2. The second-order valence-electron chi connectivity index (χ2n) is 7.84. The van der Waals surface area contributed by atoms with Crippen molar-refractivity contribution in [2.24, 2.45) is 0 Å². The maximum absolute atomic E-state index is 12.8. The van der Waals surface area contributed by atoms with Crippen LogP contribution in [0.2, 0.25) is 0 Å². The van der Waals surface area contributed by atoms with E-state index >= 15 is 0 Å². The van der Waals surface area contributed by atoms with Gasteiger partial charge < -0.3 is 18.9 Å². The molecule has 2 atom stereocenters. The van der Waals surface area contributed by atoms with Gasteiger partial charge in [-0.25, -0.2) is 13.2 Å². The van der Waals surface area contributed by atoms with E-state index in [4.69, 9.17) is 14.0 Å². The third-order valence-electron chi connectivity index (χ3n) is 5.56. The highest BCUT2D eigenvalue weighted by Crippen LogP contribution is 2.21. The zero-order chi connectivity index (χ0) is 23.5. The quantitative estimate of drug-likeness (QED) is 0.547. The van der Waals surface area contributed by atoms with E-state index in [2.05, 4.69) is 5.16 Å². The van der Waals surface area contributed by atoms with Crippen LogP contribution < -0.4 is 4.74 Å². The number of aryl methyl sites for hydroxylation is 2. The number of likely N-dealkylation sites (N-methyl/N-ethyl adjacent to an activating group) is 1. The molecule has 2 aromatic rings. The summed E-state index contributed by atoms with van der Waals surface area (Å²) in [6, 6.07) is 6.02. The van der Waals surface area contributed by atoms with E-state index in [1.165, 1.54) is 11.8 Å². The van der Waals surface area contributed by atoms with E-state index in [1.807, 2.05) is 13.8 Å². The Hall–Kier alpha value is -2.88. The highest BCUT2D eigenvalue weighted by molar-refractivity contribution is 7.91. The van der Waals surface area contributed by atoms with Crippen LogP contribution in [-0.2, 0) is 26.0 Å². The summed E-state index contributed by atoms with van der Waals surface area (Å²) in [7, 11) is -3.13. The van der Waals surface area contributed by atoms with Gasteiger partial charge in [0.25, 0.3) is 5.91 Å².